The van der Waals surface area contributed by atoms with Gasteiger partial charge >= 0.3 is 11.9 Å². The molecular formula is C9H17NO4. The van der Waals surface area contributed by atoms with Crippen LogP contribution in [0.25, 0.3) is 0 Å². The molecule has 0 saturated carbocycles. The van der Waals surface area contributed by atoms with Crippen molar-refractivity contribution in [3.8, 4) is 0 Å². The molecule has 1 unspecified atom stereocenters. The van der Waals surface area contributed by atoms with Crippen LogP contribution in [-0.2, 0) is 9.59 Å². The van der Waals surface area contributed by atoms with Crippen LogP contribution < -0.4 is 5.32 Å². The third-order valence-electron chi connectivity index (χ3n) is 1.83. The van der Waals surface area contributed by atoms with Gasteiger partial charge in [0.2, 0.25) is 0 Å². The van der Waals surface area contributed by atoms with Gasteiger partial charge in [0.1, 0.15) is 6.04 Å². The van der Waals surface area contributed by atoms with Crippen LogP contribution in [0.4, 0.5) is 0 Å². The number of aliphatic carboxylic acids is 2. The monoisotopic (exact) mass is 203 g/mol. The van der Waals surface area contributed by atoms with Gasteiger partial charge in [-0.05, 0) is 19.4 Å². The normalized spacial score (nSPS) is 12.4. The molecule has 3 N–H and O–H groups in total. The molecular weight excluding hydrogens is 186 g/mol. The molecule has 0 aliphatic carbocycles. The van der Waals surface area contributed by atoms with E-state index in [1.807, 2.05) is 6.92 Å². The highest BCUT2D eigenvalue weighted by molar-refractivity contribution is 5.73. The van der Waals surface area contributed by atoms with Gasteiger partial charge in [-0.25, -0.2) is 0 Å². The minimum absolute atomic E-state index is 0.0749. The van der Waals surface area contributed by atoms with Crippen LogP contribution in [0.15, 0.2) is 0 Å². The molecule has 0 fully saturated rings. The van der Waals surface area contributed by atoms with Crippen LogP contribution in [0, 0.1) is 0 Å². The van der Waals surface area contributed by atoms with Crippen LogP contribution in [0.1, 0.15) is 32.6 Å². The Hall–Kier alpha value is -1.10. The van der Waals surface area contributed by atoms with E-state index in [1.165, 1.54) is 0 Å². The number of hydrogen-bond acceptors (Lipinski definition) is 3. The zero-order valence-corrected chi connectivity index (χ0v) is 8.32. The summed E-state index contributed by atoms with van der Waals surface area (Å²) in [5, 5.41) is 19.9. The topological polar surface area (TPSA) is 86.6 Å². The second kappa shape index (κ2) is 7.32. The molecule has 0 saturated heterocycles. The van der Waals surface area contributed by atoms with Crippen LogP contribution in [0.3, 0.4) is 0 Å². The summed E-state index contributed by atoms with van der Waals surface area (Å²) >= 11 is 0. The molecule has 0 rings (SSSR count). The van der Waals surface area contributed by atoms with Gasteiger partial charge in [-0.1, -0.05) is 13.3 Å². The van der Waals surface area contributed by atoms with Crippen molar-refractivity contribution in [3.63, 3.8) is 0 Å². The second-order valence-corrected chi connectivity index (χ2v) is 3.13. The molecule has 0 aromatic heterocycles. The maximum Gasteiger partial charge on any atom is 0.320 e. The van der Waals surface area contributed by atoms with Gasteiger partial charge in [0, 0.05) is 6.42 Å². The van der Waals surface area contributed by atoms with E-state index in [0.717, 1.165) is 6.42 Å². The molecule has 0 amide bonds. The van der Waals surface area contributed by atoms with Gasteiger partial charge in [0.15, 0.2) is 0 Å². The third-order valence-corrected chi connectivity index (χ3v) is 1.83. The maximum atomic E-state index is 10.6. The van der Waals surface area contributed by atoms with Crippen LogP contribution in [-0.4, -0.2) is 34.7 Å². The van der Waals surface area contributed by atoms with Gasteiger partial charge in [0.05, 0.1) is 0 Å². The van der Waals surface area contributed by atoms with E-state index in [4.69, 9.17) is 10.2 Å². The molecule has 5 nitrogen and oxygen atoms in total. The van der Waals surface area contributed by atoms with Gasteiger partial charge in [0.25, 0.3) is 0 Å². The van der Waals surface area contributed by atoms with Crippen molar-refractivity contribution in [2.75, 3.05) is 6.54 Å². The molecule has 0 bridgehead atoms. The smallest absolute Gasteiger partial charge is 0.320 e. The first kappa shape index (κ1) is 12.9. The van der Waals surface area contributed by atoms with E-state index in [1.54, 1.807) is 0 Å². The highest BCUT2D eigenvalue weighted by atomic mass is 16.4. The lowest BCUT2D eigenvalue weighted by Crippen LogP contribution is -2.37. The fourth-order valence-corrected chi connectivity index (χ4v) is 1.12. The summed E-state index contributed by atoms with van der Waals surface area (Å²) in [4.78, 5) is 20.8. The van der Waals surface area contributed by atoms with Crippen molar-refractivity contribution in [1.29, 1.82) is 0 Å². The van der Waals surface area contributed by atoms with Gasteiger partial charge in [-0.2, -0.15) is 0 Å². The quantitative estimate of drug-likeness (QED) is 0.505. The zero-order chi connectivity index (χ0) is 11.0. The van der Waals surface area contributed by atoms with E-state index in [2.05, 4.69) is 5.32 Å². The predicted molar refractivity (Wildman–Crippen MR) is 51.2 cm³/mol. The Morgan fingerprint density at radius 2 is 2.00 bits per heavy atom. The Bertz CT molecular complexity index is 193. The van der Waals surface area contributed by atoms with Crippen molar-refractivity contribution >= 4 is 11.9 Å². The Morgan fingerprint density at radius 1 is 1.36 bits per heavy atom. The number of carbonyl (C=O) groups is 2. The van der Waals surface area contributed by atoms with Crippen LogP contribution >= 0.6 is 0 Å². The summed E-state index contributed by atoms with van der Waals surface area (Å²) in [6.07, 6.45) is 1.90. The maximum absolute atomic E-state index is 10.6. The lowest BCUT2D eigenvalue weighted by Gasteiger charge is -2.12. The molecule has 0 aliphatic heterocycles. The average molecular weight is 203 g/mol. The summed E-state index contributed by atoms with van der Waals surface area (Å²) in [7, 11) is 0. The zero-order valence-electron chi connectivity index (χ0n) is 8.32. The number of nitrogens with one attached hydrogen (secondary N) is 1. The first-order valence-electron chi connectivity index (χ1n) is 4.76. The van der Waals surface area contributed by atoms with E-state index in [0.29, 0.717) is 19.4 Å². The summed E-state index contributed by atoms with van der Waals surface area (Å²) in [5.41, 5.74) is 0. The van der Waals surface area contributed by atoms with Crippen molar-refractivity contribution < 1.29 is 19.8 Å². The Kier molecular flexibility index (Phi) is 6.74. The van der Waals surface area contributed by atoms with Gasteiger partial charge in [-0.3, -0.25) is 9.59 Å². The fraction of sp³-hybridized carbons (Fsp3) is 0.778. The lowest BCUT2D eigenvalue weighted by molar-refractivity contribution is -0.139. The molecule has 5 heteroatoms. The van der Waals surface area contributed by atoms with E-state index in [9.17, 15) is 9.59 Å². The molecule has 14 heavy (non-hydrogen) atoms. The van der Waals surface area contributed by atoms with Crippen molar-refractivity contribution in [2.45, 2.75) is 38.6 Å². The summed E-state index contributed by atoms with van der Waals surface area (Å²) in [6, 6.07) is -0.547. The molecule has 0 aromatic rings. The number of carboxylic acid groups (broad SMARTS) is 2. The minimum atomic E-state index is -0.873. The van der Waals surface area contributed by atoms with Crippen molar-refractivity contribution in [1.82, 2.24) is 5.32 Å². The van der Waals surface area contributed by atoms with Gasteiger partial charge < -0.3 is 15.5 Å². The summed E-state index contributed by atoms with van der Waals surface area (Å²) in [6.45, 7) is 2.35. The van der Waals surface area contributed by atoms with Crippen molar-refractivity contribution in [3.05, 3.63) is 0 Å². The fourth-order valence-electron chi connectivity index (χ4n) is 1.12. The molecule has 0 spiro atoms. The van der Waals surface area contributed by atoms with E-state index >= 15 is 0 Å². The largest absolute Gasteiger partial charge is 0.481 e. The number of carboxylic acids is 2. The molecule has 0 heterocycles. The lowest BCUT2D eigenvalue weighted by atomic mass is 10.1. The Morgan fingerprint density at radius 3 is 2.43 bits per heavy atom. The standard InChI is InChI=1S/C9H17NO4/c1-2-4-7(9(13)14)10-6-3-5-8(11)12/h7,10H,2-6H2,1H3,(H,11,12)(H,13,14). The van der Waals surface area contributed by atoms with Crippen molar-refractivity contribution in [2.24, 2.45) is 0 Å². The SMILES string of the molecule is CCCC(NCCCC(=O)O)C(=O)O. The van der Waals surface area contributed by atoms with E-state index in [-0.39, 0.29) is 6.42 Å². The Balaban J connectivity index is 3.61. The van der Waals surface area contributed by atoms with E-state index < -0.39 is 18.0 Å². The highest BCUT2D eigenvalue weighted by Crippen LogP contribution is 1.97. The molecule has 0 radical (unpaired) electrons. The molecule has 1 atom stereocenters. The first-order chi connectivity index (χ1) is 6.57. The average Bonchev–Trinajstić information content (AvgIpc) is 2.09. The summed E-state index contributed by atoms with van der Waals surface area (Å²) < 4.78 is 0. The molecule has 82 valence electrons. The highest BCUT2D eigenvalue weighted by Gasteiger charge is 2.14. The van der Waals surface area contributed by atoms with Crippen LogP contribution in [0.5, 0.6) is 0 Å². The van der Waals surface area contributed by atoms with Crippen LogP contribution in [0.2, 0.25) is 0 Å². The molecule has 0 aromatic carbocycles. The predicted octanol–water partition coefficient (Wildman–Crippen LogP) is 0.694. The summed E-state index contributed by atoms with van der Waals surface area (Å²) in [5.74, 6) is -1.73. The first-order valence-corrected chi connectivity index (χ1v) is 4.76. The molecule has 0 aliphatic rings. The third kappa shape index (κ3) is 6.42. The minimum Gasteiger partial charge on any atom is -0.481 e. The Labute approximate surface area is 83.1 Å². The second-order valence-electron chi connectivity index (χ2n) is 3.13. The number of rotatable bonds is 8. The van der Waals surface area contributed by atoms with Gasteiger partial charge in [-0.15, -0.1) is 0 Å². The number of hydrogen-bond donors (Lipinski definition) is 3.